The number of benzene rings is 2. The molecule has 1 amide bonds. The number of para-hydroxylation sites is 1. The predicted octanol–water partition coefficient (Wildman–Crippen LogP) is 2.75. The standard InChI is InChI=1S/C15H13FN2O2S/c16-13-8-10(14(17)21)6-7-11(13)9-18-15(19)20-12-4-2-1-3-5-12/h1-8H,9H2,(H2,17,21)(H,18,19). The van der Waals surface area contributed by atoms with Crippen molar-refractivity contribution in [1.29, 1.82) is 0 Å². The van der Waals surface area contributed by atoms with Gasteiger partial charge in [0, 0.05) is 17.7 Å². The van der Waals surface area contributed by atoms with Gasteiger partial charge in [-0.15, -0.1) is 0 Å². The maximum atomic E-state index is 13.8. The van der Waals surface area contributed by atoms with Gasteiger partial charge in [-0.3, -0.25) is 0 Å². The van der Waals surface area contributed by atoms with Crippen molar-refractivity contribution in [2.24, 2.45) is 5.73 Å². The van der Waals surface area contributed by atoms with Crippen LogP contribution in [0.5, 0.6) is 5.75 Å². The topological polar surface area (TPSA) is 64.3 Å². The molecule has 0 spiro atoms. The largest absolute Gasteiger partial charge is 0.412 e. The van der Waals surface area contributed by atoms with Crippen molar-refractivity contribution < 1.29 is 13.9 Å². The molecule has 0 aliphatic carbocycles. The molecule has 108 valence electrons. The molecule has 0 unspecified atom stereocenters. The molecule has 0 aliphatic heterocycles. The van der Waals surface area contributed by atoms with E-state index in [1.807, 2.05) is 6.07 Å². The summed E-state index contributed by atoms with van der Waals surface area (Å²) in [6.45, 7) is 0.00904. The van der Waals surface area contributed by atoms with E-state index in [0.29, 0.717) is 16.9 Å². The number of nitrogens with two attached hydrogens (primary N) is 1. The first-order valence-electron chi connectivity index (χ1n) is 6.15. The van der Waals surface area contributed by atoms with Gasteiger partial charge in [0.25, 0.3) is 0 Å². The van der Waals surface area contributed by atoms with Crippen LogP contribution in [0.3, 0.4) is 0 Å². The molecule has 0 radical (unpaired) electrons. The van der Waals surface area contributed by atoms with Crippen molar-refractivity contribution in [2.45, 2.75) is 6.54 Å². The SMILES string of the molecule is NC(=S)c1ccc(CNC(=O)Oc2ccccc2)c(F)c1. The minimum atomic E-state index is -0.654. The molecule has 0 aromatic heterocycles. The van der Waals surface area contributed by atoms with Crippen molar-refractivity contribution in [3.05, 3.63) is 65.5 Å². The zero-order valence-corrected chi connectivity index (χ0v) is 11.8. The second-order valence-electron chi connectivity index (χ2n) is 4.23. The van der Waals surface area contributed by atoms with Crippen molar-refractivity contribution in [1.82, 2.24) is 5.32 Å². The number of rotatable bonds is 4. The first-order valence-corrected chi connectivity index (χ1v) is 6.56. The second-order valence-corrected chi connectivity index (χ2v) is 4.67. The van der Waals surface area contributed by atoms with E-state index in [1.54, 1.807) is 30.3 Å². The Kier molecular flexibility index (Phi) is 4.84. The van der Waals surface area contributed by atoms with Gasteiger partial charge in [0.15, 0.2) is 0 Å². The van der Waals surface area contributed by atoms with Crippen molar-refractivity contribution in [3.8, 4) is 5.75 Å². The van der Waals surface area contributed by atoms with Gasteiger partial charge in [0.2, 0.25) is 0 Å². The Balaban J connectivity index is 1.94. The Bertz CT molecular complexity index is 662. The van der Waals surface area contributed by atoms with Gasteiger partial charge >= 0.3 is 6.09 Å². The molecule has 2 aromatic carbocycles. The van der Waals surface area contributed by atoms with Crippen molar-refractivity contribution >= 4 is 23.3 Å². The van der Waals surface area contributed by atoms with E-state index < -0.39 is 11.9 Å². The molecule has 21 heavy (non-hydrogen) atoms. The van der Waals surface area contributed by atoms with Crippen LogP contribution in [-0.4, -0.2) is 11.1 Å². The average Bonchev–Trinajstić information content (AvgIpc) is 2.47. The summed E-state index contributed by atoms with van der Waals surface area (Å²) in [4.78, 5) is 11.7. The Labute approximate surface area is 126 Å². The fourth-order valence-corrected chi connectivity index (χ4v) is 1.77. The number of hydrogen-bond donors (Lipinski definition) is 2. The summed E-state index contributed by atoms with van der Waals surface area (Å²) in [6, 6.07) is 13.0. The molecule has 0 saturated heterocycles. The highest BCUT2D eigenvalue weighted by molar-refractivity contribution is 7.80. The lowest BCUT2D eigenvalue weighted by molar-refractivity contribution is 0.200. The van der Waals surface area contributed by atoms with Crippen LogP contribution in [0.2, 0.25) is 0 Å². The Hall–Kier alpha value is -2.47. The maximum absolute atomic E-state index is 13.8. The molecule has 6 heteroatoms. The van der Waals surface area contributed by atoms with Crippen LogP contribution in [0.25, 0.3) is 0 Å². The summed E-state index contributed by atoms with van der Waals surface area (Å²) in [5.74, 6) is -0.0698. The average molecular weight is 304 g/mol. The molecule has 4 nitrogen and oxygen atoms in total. The second kappa shape index (κ2) is 6.81. The molecule has 0 bridgehead atoms. The first-order chi connectivity index (χ1) is 10.1. The van der Waals surface area contributed by atoms with Gasteiger partial charge in [-0.05, 0) is 18.2 Å². The minimum absolute atomic E-state index is 0.00904. The quantitative estimate of drug-likeness (QED) is 0.853. The molecular formula is C15H13FN2O2S. The van der Waals surface area contributed by atoms with Crippen LogP contribution in [0, 0.1) is 5.82 Å². The van der Waals surface area contributed by atoms with Crippen LogP contribution in [0.1, 0.15) is 11.1 Å². The number of hydrogen-bond acceptors (Lipinski definition) is 3. The van der Waals surface area contributed by atoms with Crippen LogP contribution in [-0.2, 0) is 6.54 Å². The smallest absolute Gasteiger partial charge is 0.410 e. The fraction of sp³-hybridized carbons (Fsp3) is 0.0667. The van der Waals surface area contributed by atoms with Crippen LogP contribution in [0.4, 0.5) is 9.18 Å². The van der Waals surface area contributed by atoms with E-state index >= 15 is 0 Å². The Morgan fingerprint density at radius 3 is 2.57 bits per heavy atom. The van der Waals surface area contributed by atoms with Crippen LogP contribution < -0.4 is 15.8 Å². The number of carbonyl (C=O) groups is 1. The summed E-state index contributed by atoms with van der Waals surface area (Å²) in [5.41, 5.74) is 6.18. The molecular weight excluding hydrogens is 291 g/mol. The summed E-state index contributed by atoms with van der Waals surface area (Å²) in [6.07, 6.45) is -0.654. The van der Waals surface area contributed by atoms with Crippen LogP contribution >= 0.6 is 12.2 Å². The third kappa shape index (κ3) is 4.25. The monoisotopic (exact) mass is 304 g/mol. The third-order valence-electron chi connectivity index (χ3n) is 2.71. The number of nitrogens with one attached hydrogen (secondary N) is 1. The molecule has 0 atom stereocenters. The number of carbonyl (C=O) groups excluding carboxylic acids is 1. The highest BCUT2D eigenvalue weighted by atomic mass is 32.1. The predicted molar refractivity (Wildman–Crippen MR) is 81.6 cm³/mol. The molecule has 0 fully saturated rings. The lowest BCUT2D eigenvalue weighted by atomic mass is 10.1. The van der Waals surface area contributed by atoms with Crippen molar-refractivity contribution in [3.63, 3.8) is 0 Å². The Morgan fingerprint density at radius 2 is 1.95 bits per heavy atom. The lowest BCUT2D eigenvalue weighted by Crippen LogP contribution is -2.26. The summed E-state index contributed by atoms with van der Waals surface area (Å²) in [7, 11) is 0. The number of ether oxygens (including phenoxy) is 1. The van der Waals surface area contributed by atoms with Gasteiger partial charge in [-0.25, -0.2) is 9.18 Å². The van der Waals surface area contributed by atoms with Gasteiger partial charge in [-0.2, -0.15) is 0 Å². The summed E-state index contributed by atoms with van der Waals surface area (Å²) < 4.78 is 18.8. The van der Waals surface area contributed by atoms with E-state index in [9.17, 15) is 9.18 Å². The van der Waals surface area contributed by atoms with Crippen LogP contribution in [0.15, 0.2) is 48.5 Å². The fourth-order valence-electron chi connectivity index (χ4n) is 1.64. The summed E-state index contributed by atoms with van der Waals surface area (Å²) in [5, 5.41) is 2.47. The summed E-state index contributed by atoms with van der Waals surface area (Å²) >= 11 is 4.77. The maximum Gasteiger partial charge on any atom is 0.412 e. The molecule has 2 aromatic rings. The highest BCUT2D eigenvalue weighted by Gasteiger charge is 2.08. The van der Waals surface area contributed by atoms with Crippen molar-refractivity contribution in [2.75, 3.05) is 0 Å². The van der Waals surface area contributed by atoms with E-state index in [1.165, 1.54) is 12.1 Å². The van der Waals surface area contributed by atoms with E-state index in [2.05, 4.69) is 5.32 Å². The van der Waals surface area contributed by atoms with E-state index in [4.69, 9.17) is 22.7 Å². The third-order valence-corrected chi connectivity index (χ3v) is 2.95. The highest BCUT2D eigenvalue weighted by Crippen LogP contribution is 2.11. The first kappa shape index (κ1) is 14.9. The Morgan fingerprint density at radius 1 is 1.24 bits per heavy atom. The number of thiocarbonyl (C=S) groups is 1. The molecule has 0 saturated carbocycles. The van der Waals surface area contributed by atoms with Gasteiger partial charge < -0.3 is 15.8 Å². The van der Waals surface area contributed by atoms with E-state index in [0.717, 1.165) is 0 Å². The normalized spacial score (nSPS) is 9.95. The zero-order valence-electron chi connectivity index (χ0n) is 11.0. The molecule has 0 heterocycles. The number of halogens is 1. The molecule has 2 rings (SSSR count). The minimum Gasteiger partial charge on any atom is -0.410 e. The van der Waals surface area contributed by atoms with E-state index in [-0.39, 0.29) is 11.5 Å². The van der Waals surface area contributed by atoms with Gasteiger partial charge in [0.05, 0.1) is 0 Å². The molecule has 3 N–H and O–H groups in total. The zero-order chi connectivity index (χ0) is 15.2. The molecule has 0 aliphatic rings. The lowest BCUT2D eigenvalue weighted by Gasteiger charge is -2.08. The van der Waals surface area contributed by atoms with Gasteiger partial charge in [-0.1, -0.05) is 42.5 Å². The van der Waals surface area contributed by atoms with Gasteiger partial charge in [0.1, 0.15) is 16.6 Å². The number of amides is 1.